The van der Waals surface area contributed by atoms with Gasteiger partial charge in [0.05, 0.1) is 6.04 Å². The second-order valence-electron chi connectivity index (χ2n) is 10.5. The molecule has 0 aromatic carbocycles. The first-order valence-electron chi connectivity index (χ1n) is 12.0. The maximum Gasteiger partial charge on any atom is 0.221 e. The number of rotatable bonds is 9. The first-order chi connectivity index (χ1) is 16.3. The van der Waals surface area contributed by atoms with E-state index in [0.717, 1.165) is 0 Å². The summed E-state index contributed by atoms with van der Waals surface area (Å²) in [5, 5.41) is 2.90. The summed E-state index contributed by atoms with van der Waals surface area (Å²) in [6, 6.07) is -1.36. The summed E-state index contributed by atoms with van der Waals surface area (Å²) in [6.45, 7) is 8.62. The van der Waals surface area contributed by atoms with Crippen LogP contribution in [-0.4, -0.2) is 98.8 Å². The molecule has 12 heteroatoms. The lowest BCUT2D eigenvalue weighted by molar-refractivity contribution is -0.220. The molecule has 0 radical (unpaired) electrons. The van der Waals surface area contributed by atoms with Crippen molar-refractivity contribution in [3.8, 4) is 0 Å². The Bertz CT molecular complexity index is 807. The van der Waals surface area contributed by atoms with E-state index < -0.39 is 72.9 Å². The monoisotopic (exact) mass is 502 g/mol. The van der Waals surface area contributed by atoms with Gasteiger partial charge in [0.2, 0.25) is 5.91 Å². The summed E-state index contributed by atoms with van der Waals surface area (Å²) >= 11 is 0. The third kappa shape index (κ3) is 5.55. The molecule has 3 N–H and O–H groups in total. The van der Waals surface area contributed by atoms with Gasteiger partial charge in [-0.25, -0.2) is 0 Å². The van der Waals surface area contributed by atoms with Crippen LogP contribution in [-0.2, 0) is 47.5 Å². The van der Waals surface area contributed by atoms with Gasteiger partial charge in [0, 0.05) is 33.1 Å². The van der Waals surface area contributed by atoms with E-state index in [1.165, 1.54) is 14.0 Å². The van der Waals surface area contributed by atoms with Gasteiger partial charge in [0.25, 0.3) is 0 Å². The number of ketones is 1. The smallest absolute Gasteiger partial charge is 0.221 e. The number of hydrogen-bond donors (Lipinski definition) is 2. The standard InChI is InChI=1S/C23H38N2O10/c1-10(26)8-12(15-17(29-7)19-21(31-15)35-23(4,5)33-19)25-13(27)9-11(24)14-16(28-6)18-20(30-14)34-22(2,3)32-18/h11-12,14-21H,8-9,24H2,1-7H3,(H,25,27)/t11?,12?,14-,15+,16-,17-,18+,19+,20+,21+/m0/s1. The number of nitrogens with two attached hydrogens (primary N) is 1. The fourth-order valence-corrected chi connectivity index (χ4v) is 5.37. The third-order valence-electron chi connectivity index (χ3n) is 6.69. The summed E-state index contributed by atoms with van der Waals surface area (Å²) < 4.78 is 46.6. The van der Waals surface area contributed by atoms with Crippen LogP contribution in [0.4, 0.5) is 0 Å². The van der Waals surface area contributed by atoms with Crippen molar-refractivity contribution < 1.29 is 47.5 Å². The van der Waals surface area contributed by atoms with E-state index in [2.05, 4.69) is 5.32 Å². The second kappa shape index (κ2) is 9.92. The van der Waals surface area contributed by atoms with Crippen LogP contribution in [0.15, 0.2) is 0 Å². The molecule has 12 nitrogen and oxygen atoms in total. The van der Waals surface area contributed by atoms with Gasteiger partial charge in [-0.05, 0) is 34.6 Å². The number of Topliss-reactive ketones (excluding diaryl/α,β-unsaturated/α-hetero) is 1. The fraction of sp³-hybridized carbons (Fsp3) is 0.913. The van der Waals surface area contributed by atoms with Gasteiger partial charge in [-0.2, -0.15) is 0 Å². The van der Waals surface area contributed by atoms with Gasteiger partial charge >= 0.3 is 0 Å². The van der Waals surface area contributed by atoms with E-state index in [9.17, 15) is 9.59 Å². The normalized spacial score (nSPS) is 40.8. The van der Waals surface area contributed by atoms with E-state index in [-0.39, 0.29) is 24.5 Å². The minimum atomic E-state index is -0.816. The molecule has 0 aromatic heterocycles. The van der Waals surface area contributed by atoms with Gasteiger partial charge < -0.3 is 48.9 Å². The third-order valence-corrected chi connectivity index (χ3v) is 6.69. The van der Waals surface area contributed by atoms with E-state index in [1.54, 1.807) is 34.8 Å². The molecule has 0 spiro atoms. The molecule has 0 aromatic rings. The first-order valence-corrected chi connectivity index (χ1v) is 12.0. The molecule has 1 amide bonds. The highest BCUT2D eigenvalue weighted by Gasteiger charge is 2.58. The SMILES string of the molecule is CO[C@@H]1[C@H]2OC(C)(C)O[C@H]2O[C@@H]1C(CC(C)=O)NC(=O)CC(N)[C@@H]1O[C@@H]2OC(C)(C)O[C@@H]2[C@H]1OC. The molecule has 2 unspecified atom stereocenters. The molecule has 0 aliphatic carbocycles. The number of fused-ring (bicyclic) bond motifs is 2. The van der Waals surface area contributed by atoms with Gasteiger partial charge in [0.15, 0.2) is 24.2 Å². The minimum absolute atomic E-state index is 0.0515. The second-order valence-corrected chi connectivity index (χ2v) is 10.5. The van der Waals surface area contributed by atoms with Gasteiger partial charge in [-0.3, -0.25) is 9.59 Å². The summed E-state index contributed by atoms with van der Waals surface area (Å²) in [5.74, 6) is -2.08. The summed E-state index contributed by atoms with van der Waals surface area (Å²) in [4.78, 5) is 25.0. The molecule has 0 bridgehead atoms. The Balaban J connectivity index is 1.39. The minimum Gasteiger partial charge on any atom is -0.376 e. The van der Waals surface area contributed by atoms with Crippen molar-refractivity contribution in [1.82, 2.24) is 5.32 Å². The predicted molar refractivity (Wildman–Crippen MR) is 119 cm³/mol. The highest BCUT2D eigenvalue weighted by atomic mass is 16.9. The van der Waals surface area contributed by atoms with Crippen molar-refractivity contribution in [1.29, 1.82) is 0 Å². The average molecular weight is 503 g/mol. The van der Waals surface area contributed by atoms with E-state index >= 15 is 0 Å². The molecule has 200 valence electrons. The van der Waals surface area contributed by atoms with Crippen molar-refractivity contribution in [3.05, 3.63) is 0 Å². The highest BCUT2D eigenvalue weighted by Crippen LogP contribution is 2.41. The molecule has 10 atom stereocenters. The Morgan fingerprint density at radius 2 is 1.34 bits per heavy atom. The number of carbonyl (C=O) groups excluding carboxylic acids is 2. The zero-order chi connectivity index (χ0) is 25.7. The summed E-state index contributed by atoms with van der Waals surface area (Å²) in [5.41, 5.74) is 6.37. The maximum atomic E-state index is 13.0. The zero-order valence-corrected chi connectivity index (χ0v) is 21.3. The van der Waals surface area contributed by atoms with Gasteiger partial charge in [0.1, 0.15) is 42.4 Å². The summed E-state index contributed by atoms with van der Waals surface area (Å²) in [7, 11) is 3.07. The molecule has 35 heavy (non-hydrogen) atoms. The Morgan fingerprint density at radius 3 is 1.83 bits per heavy atom. The van der Waals surface area contributed by atoms with Crippen LogP contribution in [0.2, 0.25) is 0 Å². The Kier molecular flexibility index (Phi) is 7.60. The number of ether oxygens (including phenoxy) is 8. The Hall–Kier alpha value is -1.22. The number of methoxy groups -OCH3 is 2. The molecular formula is C23H38N2O10. The summed E-state index contributed by atoms with van der Waals surface area (Å²) in [6.07, 6.45) is -4.52. The molecule has 0 saturated carbocycles. The molecule has 4 heterocycles. The topological polar surface area (TPSA) is 146 Å². The predicted octanol–water partition coefficient (Wildman–Crippen LogP) is -0.0495. The molecule has 4 saturated heterocycles. The van der Waals surface area contributed by atoms with Crippen LogP contribution in [0.5, 0.6) is 0 Å². The van der Waals surface area contributed by atoms with E-state index in [1.807, 2.05) is 0 Å². The van der Waals surface area contributed by atoms with Gasteiger partial charge in [-0.15, -0.1) is 0 Å². The molecule has 4 aliphatic heterocycles. The lowest BCUT2D eigenvalue weighted by atomic mass is 9.97. The number of nitrogens with one attached hydrogen (secondary N) is 1. The van der Waals surface area contributed by atoms with Crippen molar-refractivity contribution in [2.75, 3.05) is 14.2 Å². The lowest BCUT2D eigenvalue weighted by Gasteiger charge is -2.31. The van der Waals surface area contributed by atoms with Crippen LogP contribution >= 0.6 is 0 Å². The van der Waals surface area contributed by atoms with E-state index in [0.29, 0.717) is 0 Å². The van der Waals surface area contributed by atoms with Crippen molar-refractivity contribution in [2.24, 2.45) is 5.73 Å². The number of hydrogen-bond acceptors (Lipinski definition) is 11. The number of carbonyl (C=O) groups is 2. The van der Waals surface area contributed by atoms with Crippen LogP contribution in [0.25, 0.3) is 0 Å². The molecule has 4 fully saturated rings. The average Bonchev–Trinajstić information content (AvgIpc) is 3.40. The fourth-order valence-electron chi connectivity index (χ4n) is 5.37. The molecular weight excluding hydrogens is 464 g/mol. The largest absolute Gasteiger partial charge is 0.376 e. The highest BCUT2D eigenvalue weighted by molar-refractivity contribution is 5.80. The van der Waals surface area contributed by atoms with Crippen LogP contribution in [0, 0.1) is 0 Å². The van der Waals surface area contributed by atoms with E-state index in [4.69, 9.17) is 43.6 Å². The van der Waals surface area contributed by atoms with Crippen molar-refractivity contribution >= 4 is 11.7 Å². The Morgan fingerprint density at radius 1 is 0.857 bits per heavy atom. The number of amides is 1. The Labute approximate surface area is 205 Å². The quantitative estimate of drug-likeness (QED) is 0.437. The zero-order valence-electron chi connectivity index (χ0n) is 21.3. The maximum absolute atomic E-state index is 13.0. The van der Waals surface area contributed by atoms with Crippen LogP contribution < -0.4 is 11.1 Å². The first kappa shape index (κ1) is 26.8. The van der Waals surface area contributed by atoms with Crippen molar-refractivity contribution in [2.45, 2.75) is 120 Å². The van der Waals surface area contributed by atoms with Crippen LogP contribution in [0.3, 0.4) is 0 Å². The van der Waals surface area contributed by atoms with Crippen molar-refractivity contribution in [3.63, 3.8) is 0 Å². The molecule has 4 aliphatic rings. The van der Waals surface area contributed by atoms with Gasteiger partial charge in [-0.1, -0.05) is 0 Å². The molecule has 4 rings (SSSR count). The van der Waals surface area contributed by atoms with Crippen LogP contribution in [0.1, 0.15) is 47.5 Å². The lowest BCUT2D eigenvalue weighted by Crippen LogP contribution is -2.53.